The molecule has 0 atom stereocenters. The fourth-order valence-electron chi connectivity index (χ4n) is 1.57. The molecule has 3 amide bonds. The van der Waals surface area contributed by atoms with Crippen molar-refractivity contribution in [2.45, 2.75) is 13.3 Å². The number of carbonyl (C=O) groups excluding carboxylic acids is 2. The van der Waals surface area contributed by atoms with Gasteiger partial charge in [-0.2, -0.15) is 0 Å². The smallest absolute Gasteiger partial charge is 0.306 e. The standard InChI is InChI=1S/C13H13N3O2/c1-2-11(17)16-13(18)15-10-7-3-5-9-6-4-8-14-12(9)10/h3-8H,2H2,1H3,(H2,15,16,17,18). The number of imide groups is 1. The Kier molecular flexibility index (Phi) is 3.52. The number of nitrogens with one attached hydrogen (secondary N) is 2. The topological polar surface area (TPSA) is 71.1 Å². The average Bonchev–Trinajstić information content (AvgIpc) is 2.39. The predicted molar refractivity (Wildman–Crippen MR) is 69.2 cm³/mol. The van der Waals surface area contributed by atoms with Crippen molar-refractivity contribution in [3.05, 3.63) is 36.5 Å². The van der Waals surface area contributed by atoms with Crippen molar-refractivity contribution < 1.29 is 9.59 Å². The third-order valence-corrected chi connectivity index (χ3v) is 2.45. The van der Waals surface area contributed by atoms with Gasteiger partial charge in [0.2, 0.25) is 5.91 Å². The van der Waals surface area contributed by atoms with E-state index < -0.39 is 6.03 Å². The molecular weight excluding hydrogens is 230 g/mol. The Hall–Kier alpha value is -2.43. The highest BCUT2D eigenvalue weighted by Crippen LogP contribution is 2.20. The second-order valence-electron chi connectivity index (χ2n) is 3.74. The van der Waals surface area contributed by atoms with E-state index in [9.17, 15) is 9.59 Å². The summed E-state index contributed by atoms with van der Waals surface area (Å²) in [5, 5.41) is 5.77. The molecule has 2 rings (SSSR count). The van der Waals surface area contributed by atoms with Crippen LogP contribution in [-0.4, -0.2) is 16.9 Å². The maximum absolute atomic E-state index is 11.6. The summed E-state index contributed by atoms with van der Waals surface area (Å²) < 4.78 is 0. The van der Waals surface area contributed by atoms with Crippen molar-refractivity contribution in [3.8, 4) is 0 Å². The Morgan fingerprint density at radius 2 is 2.00 bits per heavy atom. The van der Waals surface area contributed by atoms with Gasteiger partial charge in [-0.25, -0.2) is 4.79 Å². The Morgan fingerprint density at radius 1 is 1.22 bits per heavy atom. The first-order chi connectivity index (χ1) is 8.70. The minimum Gasteiger partial charge on any atom is -0.306 e. The number of rotatable bonds is 2. The molecule has 0 spiro atoms. The quantitative estimate of drug-likeness (QED) is 0.850. The molecule has 5 heteroatoms. The van der Waals surface area contributed by atoms with Crippen LogP contribution in [0.15, 0.2) is 36.5 Å². The Balaban J connectivity index is 2.21. The number of hydrogen-bond donors (Lipinski definition) is 2. The highest BCUT2D eigenvalue weighted by Gasteiger charge is 2.08. The number of para-hydroxylation sites is 1. The number of pyridine rings is 1. The van der Waals surface area contributed by atoms with Crippen LogP contribution in [0.3, 0.4) is 0 Å². The number of amides is 3. The molecule has 0 aliphatic heterocycles. The summed E-state index contributed by atoms with van der Waals surface area (Å²) in [6, 6.07) is 8.66. The van der Waals surface area contributed by atoms with Crippen molar-refractivity contribution in [1.29, 1.82) is 0 Å². The summed E-state index contributed by atoms with van der Waals surface area (Å²) >= 11 is 0. The molecule has 5 nitrogen and oxygen atoms in total. The third-order valence-electron chi connectivity index (χ3n) is 2.45. The van der Waals surface area contributed by atoms with E-state index in [4.69, 9.17) is 0 Å². The van der Waals surface area contributed by atoms with Gasteiger partial charge in [0.15, 0.2) is 0 Å². The zero-order valence-electron chi connectivity index (χ0n) is 9.93. The Morgan fingerprint density at radius 3 is 2.78 bits per heavy atom. The van der Waals surface area contributed by atoms with Crippen LogP contribution in [0, 0.1) is 0 Å². The first-order valence-corrected chi connectivity index (χ1v) is 5.65. The predicted octanol–water partition coefficient (Wildman–Crippen LogP) is 2.29. The van der Waals surface area contributed by atoms with Gasteiger partial charge in [0.05, 0.1) is 11.2 Å². The molecule has 18 heavy (non-hydrogen) atoms. The Labute approximate surface area is 104 Å². The van der Waals surface area contributed by atoms with E-state index in [1.54, 1.807) is 19.2 Å². The van der Waals surface area contributed by atoms with E-state index in [2.05, 4.69) is 15.6 Å². The molecule has 0 saturated carbocycles. The number of fused-ring (bicyclic) bond motifs is 1. The van der Waals surface area contributed by atoms with Crippen LogP contribution in [0.5, 0.6) is 0 Å². The van der Waals surface area contributed by atoms with Crippen LogP contribution < -0.4 is 10.6 Å². The van der Waals surface area contributed by atoms with E-state index in [0.717, 1.165) is 5.39 Å². The van der Waals surface area contributed by atoms with E-state index in [0.29, 0.717) is 11.2 Å². The second-order valence-corrected chi connectivity index (χ2v) is 3.74. The van der Waals surface area contributed by atoms with Gasteiger partial charge < -0.3 is 5.32 Å². The molecule has 92 valence electrons. The zero-order valence-corrected chi connectivity index (χ0v) is 9.93. The van der Waals surface area contributed by atoms with Crippen molar-refractivity contribution in [2.75, 3.05) is 5.32 Å². The monoisotopic (exact) mass is 243 g/mol. The first-order valence-electron chi connectivity index (χ1n) is 5.65. The average molecular weight is 243 g/mol. The van der Waals surface area contributed by atoms with Gasteiger partial charge in [-0.15, -0.1) is 0 Å². The van der Waals surface area contributed by atoms with Crippen LogP contribution in [0.25, 0.3) is 10.9 Å². The molecule has 1 aromatic heterocycles. The molecule has 0 aliphatic rings. The normalized spacial score (nSPS) is 10.1. The summed E-state index contributed by atoms with van der Waals surface area (Å²) in [6.07, 6.45) is 1.92. The van der Waals surface area contributed by atoms with Crippen LogP contribution >= 0.6 is 0 Å². The van der Waals surface area contributed by atoms with Gasteiger partial charge in [0, 0.05) is 18.0 Å². The lowest BCUT2D eigenvalue weighted by molar-refractivity contribution is -0.119. The molecule has 1 aromatic carbocycles. The summed E-state index contributed by atoms with van der Waals surface area (Å²) in [5.41, 5.74) is 1.27. The number of aromatic nitrogens is 1. The lowest BCUT2D eigenvalue weighted by Gasteiger charge is -2.08. The van der Waals surface area contributed by atoms with Crippen LogP contribution in [0.1, 0.15) is 13.3 Å². The summed E-state index contributed by atoms with van der Waals surface area (Å²) in [4.78, 5) is 26.8. The van der Waals surface area contributed by atoms with Crippen LogP contribution in [0.2, 0.25) is 0 Å². The van der Waals surface area contributed by atoms with Crippen LogP contribution in [0.4, 0.5) is 10.5 Å². The molecule has 0 bridgehead atoms. The summed E-state index contributed by atoms with van der Waals surface area (Å²) in [6.45, 7) is 1.68. The van der Waals surface area contributed by atoms with Gasteiger partial charge in [0.25, 0.3) is 0 Å². The zero-order chi connectivity index (χ0) is 13.0. The molecule has 1 heterocycles. The molecule has 0 aliphatic carbocycles. The molecule has 0 unspecified atom stereocenters. The largest absolute Gasteiger partial charge is 0.325 e. The molecule has 2 N–H and O–H groups in total. The lowest BCUT2D eigenvalue weighted by atomic mass is 10.2. The summed E-state index contributed by atoms with van der Waals surface area (Å²) in [7, 11) is 0. The van der Waals surface area contributed by atoms with Gasteiger partial charge in [-0.1, -0.05) is 25.1 Å². The number of anilines is 1. The number of urea groups is 1. The SMILES string of the molecule is CCC(=O)NC(=O)Nc1cccc2cccnc12. The van der Waals surface area contributed by atoms with Crippen molar-refractivity contribution in [1.82, 2.24) is 10.3 Å². The fourth-order valence-corrected chi connectivity index (χ4v) is 1.57. The van der Waals surface area contributed by atoms with Crippen molar-refractivity contribution >= 4 is 28.5 Å². The number of benzene rings is 1. The van der Waals surface area contributed by atoms with Crippen molar-refractivity contribution in [2.24, 2.45) is 0 Å². The highest BCUT2D eigenvalue weighted by atomic mass is 16.2. The number of hydrogen-bond acceptors (Lipinski definition) is 3. The van der Waals surface area contributed by atoms with Gasteiger partial charge >= 0.3 is 6.03 Å². The van der Waals surface area contributed by atoms with Gasteiger partial charge in [-0.05, 0) is 12.1 Å². The van der Waals surface area contributed by atoms with E-state index in [1.807, 2.05) is 24.3 Å². The van der Waals surface area contributed by atoms with E-state index in [1.165, 1.54) is 0 Å². The molecular formula is C13H13N3O2. The molecule has 0 fully saturated rings. The fraction of sp³-hybridized carbons (Fsp3) is 0.154. The van der Waals surface area contributed by atoms with Gasteiger partial charge in [0.1, 0.15) is 0 Å². The van der Waals surface area contributed by atoms with Gasteiger partial charge in [-0.3, -0.25) is 15.1 Å². The minimum absolute atomic E-state index is 0.265. The van der Waals surface area contributed by atoms with E-state index >= 15 is 0 Å². The maximum Gasteiger partial charge on any atom is 0.325 e. The molecule has 2 aromatic rings. The lowest BCUT2D eigenvalue weighted by Crippen LogP contribution is -2.33. The Bertz CT molecular complexity index is 590. The van der Waals surface area contributed by atoms with E-state index in [-0.39, 0.29) is 12.3 Å². The molecule has 0 saturated heterocycles. The number of carbonyl (C=O) groups is 2. The minimum atomic E-state index is -0.542. The summed E-state index contributed by atoms with van der Waals surface area (Å²) in [5.74, 6) is -0.319. The maximum atomic E-state index is 11.6. The number of nitrogens with zero attached hydrogens (tertiary/aromatic N) is 1. The van der Waals surface area contributed by atoms with Crippen LogP contribution in [-0.2, 0) is 4.79 Å². The molecule has 0 radical (unpaired) electrons. The van der Waals surface area contributed by atoms with Crippen molar-refractivity contribution in [3.63, 3.8) is 0 Å². The second kappa shape index (κ2) is 5.27. The first kappa shape index (κ1) is 12.0. The highest BCUT2D eigenvalue weighted by molar-refractivity contribution is 6.05. The third kappa shape index (κ3) is 2.63.